The summed E-state index contributed by atoms with van der Waals surface area (Å²) >= 11 is 0. The number of nitrogens with one attached hydrogen (secondary N) is 1. The molecule has 0 bridgehead atoms. The van der Waals surface area contributed by atoms with E-state index in [1.807, 2.05) is 36.4 Å². The molecule has 0 aliphatic carbocycles. The molecule has 6 heteroatoms. The number of tetrazole rings is 1. The van der Waals surface area contributed by atoms with Gasteiger partial charge in [-0.15, -0.1) is 10.2 Å². The third kappa shape index (κ3) is 3.37. The van der Waals surface area contributed by atoms with E-state index in [1.165, 1.54) is 10.8 Å². The van der Waals surface area contributed by atoms with Crippen LogP contribution in [-0.4, -0.2) is 34.8 Å². The predicted octanol–water partition coefficient (Wildman–Crippen LogP) is 3.96. The van der Waals surface area contributed by atoms with Crippen LogP contribution >= 0.6 is 0 Å². The molecule has 0 radical (unpaired) electrons. The third-order valence-corrected chi connectivity index (χ3v) is 4.37. The fourth-order valence-electron chi connectivity index (χ4n) is 3.02. The molecule has 4 aromatic rings. The lowest BCUT2D eigenvalue weighted by atomic mass is 10.00. The molecule has 6 nitrogen and oxygen atoms in total. The lowest BCUT2D eigenvalue weighted by Crippen LogP contribution is -1.95. The summed E-state index contributed by atoms with van der Waals surface area (Å²) in [5.74, 6) is 1.82. The molecule has 0 saturated carbocycles. The molecule has 0 aliphatic heterocycles. The Kier molecular flexibility index (Phi) is 4.53. The van der Waals surface area contributed by atoms with Gasteiger partial charge in [0.05, 0.1) is 14.2 Å². The molecule has 1 heterocycles. The highest BCUT2D eigenvalue weighted by Gasteiger charge is 2.13. The molecule has 0 unspecified atom stereocenters. The SMILES string of the molecule is COc1ccc(/C(=C/c2ccc3ccccc3c2)c2nn[nH]n2)cc1OC. The van der Waals surface area contributed by atoms with Gasteiger partial charge in [0.25, 0.3) is 0 Å². The van der Waals surface area contributed by atoms with E-state index in [0.29, 0.717) is 17.3 Å². The summed E-state index contributed by atoms with van der Waals surface area (Å²) < 4.78 is 10.8. The van der Waals surface area contributed by atoms with Crippen LogP contribution in [0.2, 0.25) is 0 Å². The Labute approximate surface area is 156 Å². The van der Waals surface area contributed by atoms with Crippen LogP contribution in [0.1, 0.15) is 17.0 Å². The first kappa shape index (κ1) is 16.8. The fourth-order valence-corrected chi connectivity index (χ4v) is 3.02. The molecule has 27 heavy (non-hydrogen) atoms. The fraction of sp³-hybridized carbons (Fsp3) is 0.0952. The zero-order chi connectivity index (χ0) is 18.6. The van der Waals surface area contributed by atoms with Crippen molar-refractivity contribution in [1.82, 2.24) is 20.6 Å². The van der Waals surface area contributed by atoms with Gasteiger partial charge in [0.2, 0.25) is 5.82 Å². The van der Waals surface area contributed by atoms with Crippen LogP contribution < -0.4 is 9.47 Å². The zero-order valence-electron chi connectivity index (χ0n) is 15.0. The first-order valence-electron chi connectivity index (χ1n) is 8.45. The highest BCUT2D eigenvalue weighted by molar-refractivity contribution is 5.92. The molecule has 134 valence electrons. The highest BCUT2D eigenvalue weighted by Crippen LogP contribution is 2.33. The summed E-state index contributed by atoms with van der Waals surface area (Å²) in [5.41, 5.74) is 2.78. The van der Waals surface area contributed by atoms with Gasteiger partial charge in [-0.3, -0.25) is 0 Å². The van der Waals surface area contributed by atoms with Crippen molar-refractivity contribution >= 4 is 22.4 Å². The Balaban J connectivity index is 1.85. The van der Waals surface area contributed by atoms with Gasteiger partial charge in [-0.1, -0.05) is 42.5 Å². The maximum Gasteiger partial charge on any atom is 0.205 e. The number of methoxy groups -OCH3 is 2. The Morgan fingerprint density at radius 3 is 2.44 bits per heavy atom. The third-order valence-electron chi connectivity index (χ3n) is 4.37. The van der Waals surface area contributed by atoms with Crippen molar-refractivity contribution in [3.63, 3.8) is 0 Å². The van der Waals surface area contributed by atoms with E-state index in [0.717, 1.165) is 16.7 Å². The Morgan fingerprint density at radius 1 is 0.889 bits per heavy atom. The average molecular weight is 358 g/mol. The van der Waals surface area contributed by atoms with Crippen molar-refractivity contribution in [3.8, 4) is 11.5 Å². The van der Waals surface area contributed by atoms with E-state index >= 15 is 0 Å². The summed E-state index contributed by atoms with van der Waals surface area (Å²) in [4.78, 5) is 0. The smallest absolute Gasteiger partial charge is 0.205 e. The van der Waals surface area contributed by atoms with Gasteiger partial charge in [0.15, 0.2) is 11.5 Å². The second kappa shape index (κ2) is 7.29. The van der Waals surface area contributed by atoms with E-state index in [2.05, 4.69) is 51.0 Å². The number of ether oxygens (including phenoxy) is 2. The van der Waals surface area contributed by atoms with Crippen molar-refractivity contribution in [2.75, 3.05) is 14.2 Å². The maximum absolute atomic E-state index is 5.44. The van der Waals surface area contributed by atoms with Crippen LogP contribution in [0.5, 0.6) is 11.5 Å². The number of aromatic amines is 1. The van der Waals surface area contributed by atoms with E-state index in [-0.39, 0.29) is 0 Å². The lowest BCUT2D eigenvalue weighted by molar-refractivity contribution is 0.355. The summed E-state index contributed by atoms with van der Waals surface area (Å²) in [6.45, 7) is 0. The molecular formula is C21H18N4O2. The summed E-state index contributed by atoms with van der Waals surface area (Å²) in [6, 6.07) is 20.3. The number of rotatable bonds is 5. The van der Waals surface area contributed by atoms with Crippen molar-refractivity contribution in [2.24, 2.45) is 0 Å². The summed E-state index contributed by atoms with van der Waals surface area (Å²) in [6.07, 6.45) is 2.04. The van der Waals surface area contributed by atoms with Crippen LogP contribution in [0.3, 0.4) is 0 Å². The highest BCUT2D eigenvalue weighted by atomic mass is 16.5. The standard InChI is InChI=1S/C21H18N4O2/c1-26-19-10-9-17(13-20(19)27-2)18(21-22-24-25-23-21)12-14-7-8-15-5-3-4-6-16(15)11-14/h3-13H,1-2H3,(H,22,23,24,25)/b18-12-. The molecule has 0 fully saturated rings. The van der Waals surface area contributed by atoms with Crippen molar-refractivity contribution in [1.29, 1.82) is 0 Å². The molecule has 0 amide bonds. The predicted molar refractivity (Wildman–Crippen MR) is 105 cm³/mol. The Hall–Kier alpha value is -3.67. The number of H-pyrrole nitrogens is 1. The van der Waals surface area contributed by atoms with Crippen LogP contribution in [0.4, 0.5) is 0 Å². The van der Waals surface area contributed by atoms with Crippen LogP contribution in [0, 0.1) is 0 Å². The van der Waals surface area contributed by atoms with Gasteiger partial charge in [-0.2, -0.15) is 5.21 Å². The monoisotopic (exact) mass is 358 g/mol. The van der Waals surface area contributed by atoms with Gasteiger partial charge < -0.3 is 9.47 Å². The number of nitrogens with zero attached hydrogens (tertiary/aromatic N) is 3. The summed E-state index contributed by atoms with van der Waals surface area (Å²) in [7, 11) is 3.23. The Morgan fingerprint density at radius 2 is 1.70 bits per heavy atom. The molecular weight excluding hydrogens is 340 g/mol. The van der Waals surface area contributed by atoms with Crippen molar-refractivity contribution in [3.05, 3.63) is 77.6 Å². The number of benzene rings is 3. The average Bonchev–Trinajstić information content (AvgIpc) is 3.26. The zero-order valence-corrected chi connectivity index (χ0v) is 15.0. The van der Waals surface area contributed by atoms with E-state index in [9.17, 15) is 0 Å². The number of hydrogen-bond acceptors (Lipinski definition) is 5. The molecule has 1 aromatic heterocycles. The molecule has 1 N–H and O–H groups in total. The van der Waals surface area contributed by atoms with E-state index < -0.39 is 0 Å². The second-order valence-electron chi connectivity index (χ2n) is 5.97. The molecule has 3 aromatic carbocycles. The number of aromatic nitrogens is 4. The van der Waals surface area contributed by atoms with Gasteiger partial charge >= 0.3 is 0 Å². The first-order valence-corrected chi connectivity index (χ1v) is 8.45. The molecule has 0 aliphatic rings. The quantitative estimate of drug-likeness (QED) is 0.547. The minimum absolute atomic E-state index is 0.510. The van der Waals surface area contributed by atoms with Crippen molar-refractivity contribution in [2.45, 2.75) is 0 Å². The second-order valence-corrected chi connectivity index (χ2v) is 5.97. The van der Waals surface area contributed by atoms with Gasteiger partial charge in [-0.25, -0.2) is 0 Å². The van der Waals surface area contributed by atoms with E-state index in [4.69, 9.17) is 9.47 Å². The Bertz CT molecular complexity index is 1100. The van der Waals surface area contributed by atoms with E-state index in [1.54, 1.807) is 14.2 Å². The summed E-state index contributed by atoms with van der Waals surface area (Å²) in [5, 5.41) is 16.9. The van der Waals surface area contributed by atoms with Crippen LogP contribution in [0.25, 0.3) is 22.4 Å². The first-order chi connectivity index (χ1) is 13.3. The lowest BCUT2D eigenvalue weighted by Gasteiger charge is -2.11. The molecule has 0 spiro atoms. The minimum Gasteiger partial charge on any atom is -0.493 e. The van der Waals surface area contributed by atoms with Crippen molar-refractivity contribution < 1.29 is 9.47 Å². The number of fused-ring (bicyclic) bond motifs is 1. The largest absolute Gasteiger partial charge is 0.493 e. The maximum atomic E-state index is 5.44. The van der Waals surface area contributed by atoms with Gasteiger partial charge in [-0.05, 0) is 51.4 Å². The topological polar surface area (TPSA) is 72.9 Å². The molecule has 4 rings (SSSR count). The molecule has 0 saturated heterocycles. The van der Waals surface area contributed by atoms with Gasteiger partial charge in [0.1, 0.15) is 0 Å². The van der Waals surface area contributed by atoms with Crippen LogP contribution in [-0.2, 0) is 0 Å². The molecule has 0 atom stereocenters. The normalized spacial score (nSPS) is 11.6. The van der Waals surface area contributed by atoms with Gasteiger partial charge in [0, 0.05) is 5.57 Å². The van der Waals surface area contributed by atoms with Crippen LogP contribution in [0.15, 0.2) is 60.7 Å². The number of hydrogen-bond donors (Lipinski definition) is 1. The minimum atomic E-state index is 0.510.